The van der Waals surface area contributed by atoms with Gasteiger partial charge in [0, 0.05) is 21.7 Å². The number of amidine groups is 1. The van der Waals surface area contributed by atoms with Crippen molar-refractivity contribution in [2.24, 2.45) is 21.6 Å². The molecule has 2 unspecified atom stereocenters. The van der Waals surface area contributed by atoms with Crippen molar-refractivity contribution < 1.29 is 0 Å². The lowest BCUT2D eigenvalue weighted by atomic mass is 9.81. The van der Waals surface area contributed by atoms with Gasteiger partial charge in [-0.25, -0.2) is 4.99 Å². The number of benzene rings is 1. The van der Waals surface area contributed by atoms with Crippen LogP contribution < -0.4 is 5.73 Å². The fourth-order valence-electron chi connectivity index (χ4n) is 3.82. The molecule has 1 aromatic rings. The summed E-state index contributed by atoms with van der Waals surface area (Å²) >= 11 is 8.50. The van der Waals surface area contributed by atoms with E-state index in [1.165, 1.54) is 0 Å². The molecule has 0 spiro atoms. The van der Waals surface area contributed by atoms with Crippen molar-refractivity contribution in [2.75, 3.05) is 13.1 Å². The molecule has 152 valence electrons. The minimum atomic E-state index is -0.814. The van der Waals surface area contributed by atoms with Gasteiger partial charge in [0.15, 0.2) is 11.5 Å². The van der Waals surface area contributed by atoms with Crippen molar-refractivity contribution in [3.63, 3.8) is 0 Å². The summed E-state index contributed by atoms with van der Waals surface area (Å²) in [6.07, 6.45) is 5.98. The van der Waals surface area contributed by atoms with E-state index in [9.17, 15) is 0 Å². The zero-order valence-corrected chi connectivity index (χ0v) is 20.0. The van der Waals surface area contributed by atoms with Crippen molar-refractivity contribution >= 4 is 51.6 Å². The summed E-state index contributed by atoms with van der Waals surface area (Å²) in [4.78, 5) is 11.8. The first-order valence-corrected chi connectivity index (χ1v) is 11.0. The van der Waals surface area contributed by atoms with Gasteiger partial charge in [0.2, 0.25) is 0 Å². The molecule has 0 aliphatic carbocycles. The minimum absolute atomic E-state index is 0.422. The molecule has 0 saturated carbocycles. The molecule has 6 heteroatoms. The summed E-state index contributed by atoms with van der Waals surface area (Å²) in [6.45, 7) is 16.3. The molecule has 2 heterocycles. The molecule has 0 fully saturated rings. The summed E-state index contributed by atoms with van der Waals surface area (Å²) < 4.78 is 1.06. The Morgan fingerprint density at radius 1 is 1.38 bits per heavy atom. The van der Waals surface area contributed by atoms with Gasteiger partial charge in [0.1, 0.15) is 5.84 Å². The van der Waals surface area contributed by atoms with Crippen LogP contribution in [0.3, 0.4) is 0 Å². The molecule has 4 nitrogen and oxygen atoms in total. The number of hydrogen-bond donors (Lipinski definition) is 1. The lowest BCUT2D eigenvalue weighted by Crippen LogP contribution is -2.50. The predicted octanol–water partition coefficient (Wildman–Crippen LogP) is 5.45. The van der Waals surface area contributed by atoms with Crippen LogP contribution in [0.2, 0.25) is 5.02 Å². The average Bonchev–Trinajstić information content (AvgIpc) is 2.94. The van der Waals surface area contributed by atoms with E-state index in [0.717, 1.165) is 44.8 Å². The first kappa shape index (κ1) is 21.8. The largest absolute Gasteiger partial charge is 0.369 e. The van der Waals surface area contributed by atoms with Gasteiger partial charge < -0.3 is 5.73 Å². The fraction of sp³-hybridized carbons (Fsp3) is 0.304. The second-order valence-corrected chi connectivity index (χ2v) is 9.28. The maximum Gasteiger partial charge on any atom is 0.198 e. The van der Waals surface area contributed by atoms with Gasteiger partial charge in [-0.15, -0.1) is 0 Å². The van der Waals surface area contributed by atoms with Gasteiger partial charge in [-0.3, -0.25) is 9.89 Å². The van der Waals surface area contributed by atoms with E-state index in [1.54, 1.807) is 0 Å². The third kappa shape index (κ3) is 4.08. The van der Waals surface area contributed by atoms with E-state index in [2.05, 4.69) is 48.7 Å². The standard InChI is InChI=1S/C23H26ClIN4/c1-6-7-16(4)23(21-27-12-14(2)13-29(21)22(26)28-23)17(5)8-15(3)18-9-19(24)11-20(25)10-18/h6-11,14H,3-4,12-13H2,1-2,5H3,(H2,26,28)/b7-6-,17-8+. The SMILES string of the molecule is C=C(/C=C(\C)C1(C(=C)/C=C\C)N=C(N)N2CC(C)CN=C21)c1cc(Cl)cc(I)c1. The van der Waals surface area contributed by atoms with E-state index in [4.69, 9.17) is 27.3 Å². The Hall–Kier alpha value is -1.86. The summed E-state index contributed by atoms with van der Waals surface area (Å²) in [7, 11) is 0. The van der Waals surface area contributed by atoms with Gasteiger partial charge in [-0.05, 0) is 82.8 Å². The van der Waals surface area contributed by atoms with Crippen LogP contribution in [0.5, 0.6) is 0 Å². The van der Waals surface area contributed by atoms with E-state index >= 15 is 0 Å². The van der Waals surface area contributed by atoms with E-state index in [1.807, 2.05) is 49.1 Å². The van der Waals surface area contributed by atoms with E-state index in [-0.39, 0.29) is 0 Å². The quantitative estimate of drug-likeness (QED) is 0.414. The molecule has 0 bridgehead atoms. The first-order valence-electron chi connectivity index (χ1n) is 9.53. The zero-order chi connectivity index (χ0) is 21.3. The lowest BCUT2D eigenvalue weighted by Gasteiger charge is -2.35. The number of fused-ring (bicyclic) bond motifs is 1. The lowest BCUT2D eigenvalue weighted by molar-refractivity contribution is 0.433. The Morgan fingerprint density at radius 2 is 2.10 bits per heavy atom. The van der Waals surface area contributed by atoms with Crippen LogP contribution in [-0.2, 0) is 0 Å². The number of nitrogens with zero attached hydrogens (tertiary/aromatic N) is 3. The Bertz CT molecular complexity index is 968. The summed E-state index contributed by atoms with van der Waals surface area (Å²) in [5.74, 6) is 1.75. The molecule has 2 N–H and O–H groups in total. The number of halogens is 2. The molecule has 2 aliphatic rings. The average molecular weight is 521 g/mol. The van der Waals surface area contributed by atoms with E-state index < -0.39 is 5.54 Å². The highest BCUT2D eigenvalue weighted by Crippen LogP contribution is 2.40. The van der Waals surface area contributed by atoms with Gasteiger partial charge in [0.25, 0.3) is 0 Å². The second-order valence-electron chi connectivity index (χ2n) is 7.60. The molecule has 3 rings (SSSR count). The van der Waals surface area contributed by atoms with Crippen LogP contribution in [0.4, 0.5) is 0 Å². The molecular formula is C23H26ClIN4. The number of hydrogen-bond acceptors (Lipinski definition) is 4. The van der Waals surface area contributed by atoms with Crippen LogP contribution in [0.25, 0.3) is 5.57 Å². The zero-order valence-electron chi connectivity index (χ0n) is 17.0. The number of allylic oxidation sites excluding steroid dienone is 3. The monoisotopic (exact) mass is 520 g/mol. The normalized spacial score (nSPS) is 24.4. The highest BCUT2D eigenvalue weighted by molar-refractivity contribution is 14.1. The molecule has 2 aliphatic heterocycles. The Labute approximate surface area is 191 Å². The molecule has 0 amide bonds. The van der Waals surface area contributed by atoms with Gasteiger partial charge in [0.05, 0.1) is 0 Å². The van der Waals surface area contributed by atoms with Gasteiger partial charge in [-0.1, -0.05) is 49.9 Å². The maximum atomic E-state index is 6.34. The summed E-state index contributed by atoms with van der Waals surface area (Å²) in [5, 5.41) is 0.687. The Kier molecular flexibility index (Phi) is 6.39. The summed E-state index contributed by atoms with van der Waals surface area (Å²) in [5.41, 5.74) is 9.16. The van der Waals surface area contributed by atoms with Crippen molar-refractivity contribution in [1.82, 2.24) is 4.90 Å². The number of aliphatic imine (C=N–C) groups is 2. The number of guanidine groups is 1. The van der Waals surface area contributed by atoms with Crippen LogP contribution >= 0.6 is 34.2 Å². The Morgan fingerprint density at radius 3 is 2.76 bits per heavy atom. The minimum Gasteiger partial charge on any atom is -0.369 e. The van der Waals surface area contributed by atoms with Gasteiger partial charge in [-0.2, -0.15) is 0 Å². The van der Waals surface area contributed by atoms with Gasteiger partial charge >= 0.3 is 0 Å². The van der Waals surface area contributed by atoms with Crippen LogP contribution in [0.1, 0.15) is 26.3 Å². The van der Waals surface area contributed by atoms with E-state index in [0.29, 0.717) is 16.9 Å². The maximum absolute atomic E-state index is 6.34. The molecular weight excluding hydrogens is 495 g/mol. The number of rotatable bonds is 5. The molecule has 0 aromatic heterocycles. The topological polar surface area (TPSA) is 54.0 Å². The smallest absolute Gasteiger partial charge is 0.198 e. The van der Waals surface area contributed by atoms with Crippen molar-refractivity contribution in [3.05, 3.63) is 74.9 Å². The third-order valence-electron chi connectivity index (χ3n) is 5.21. The molecule has 29 heavy (non-hydrogen) atoms. The first-order chi connectivity index (χ1) is 13.7. The highest BCUT2D eigenvalue weighted by atomic mass is 127. The Balaban J connectivity index is 2.12. The highest BCUT2D eigenvalue weighted by Gasteiger charge is 2.49. The van der Waals surface area contributed by atoms with Crippen molar-refractivity contribution in [3.8, 4) is 0 Å². The third-order valence-corrected chi connectivity index (χ3v) is 6.05. The predicted molar refractivity (Wildman–Crippen MR) is 133 cm³/mol. The molecule has 0 radical (unpaired) electrons. The van der Waals surface area contributed by atoms with Crippen LogP contribution in [-0.4, -0.2) is 35.3 Å². The van der Waals surface area contributed by atoms with Crippen LogP contribution in [0, 0.1) is 9.49 Å². The van der Waals surface area contributed by atoms with Crippen molar-refractivity contribution in [2.45, 2.75) is 26.3 Å². The fourth-order valence-corrected chi connectivity index (χ4v) is 4.91. The second kappa shape index (κ2) is 8.48. The molecule has 1 aromatic carbocycles. The molecule has 2 atom stereocenters. The molecule has 0 saturated heterocycles. The van der Waals surface area contributed by atoms with Crippen molar-refractivity contribution in [1.29, 1.82) is 0 Å². The van der Waals surface area contributed by atoms with Crippen LogP contribution in [0.15, 0.2) is 70.7 Å². The number of nitrogens with two attached hydrogens (primary N) is 1. The summed E-state index contributed by atoms with van der Waals surface area (Å²) in [6, 6.07) is 5.90.